The lowest BCUT2D eigenvalue weighted by atomic mass is 9.87. The molecular weight excluding hydrogens is 258 g/mol. The van der Waals surface area contributed by atoms with Crippen LogP contribution in [0.4, 0.5) is 17.6 Å². The minimum Gasteiger partial charge on any atom is -0.308 e. The average molecular weight is 277 g/mol. The summed E-state index contributed by atoms with van der Waals surface area (Å²) < 4.78 is 52.6. The summed E-state index contributed by atoms with van der Waals surface area (Å²) in [5.41, 5.74) is 3.17. The van der Waals surface area contributed by atoms with Crippen molar-refractivity contribution in [1.82, 2.24) is 5.32 Å². The van der Waals surface area contributed by atoms with E-state index >= 15 is 0 Å². The van der Waals surface area contributed by atoms with Crippen molar-refractivity contribution in [1.29, 1.82) is 0 Å². The molecule has 0 spiro atoms. The number of alkyl halides is 4. The maximum atomic E-state index is 13.7. The van der Waals surface area contributed by atoms with Crippen molar-refractivity contribution in [2.75, 3.05) is 7.05 Å². The summed E-state index contributed by atoms with van der Waals surface area (Å²) in [6, 6.07) is 0.188. The third-order valence-electron chi connectivity index (χ3n) is 3.68. The van der Waals surface area contributed by atoms with E-state index in [1.54, 1.807) is 27.7 Å². The molecule has 0 saturated carbocycles. The summed E-state index contributed by atoms with van der Waals surface area (Å²) in [6.45, 7) is 6.95. The van der Waals surface area contributed by atoms with Crippen molar-refractivity contribution < 1.29 is 17.6 Å². The van der Waals surface area contributed by atoms with Crippen molar-refractivity contribution >= 4 is 0 Å². The van der Waals surface area contributed by atoms with Gasteiger partial charge in [-0.15, -0.1) is 0 Å². The Balaban J connectivity index is 3.50. The van der Waals surface area contributed by atoms with Crippen molar-refractivity contribution in [3.63, 3.8) is 0 Å². The number of benzene rings is 1. The summed E-state index contributed by atoms with van der Waals surface area (Å²) in [4.78, 5) is 0. The number of halogens is 4. The molecule has 0 amide bonds. The van der Waals surface area contributed by atoms with Gasteiger partial charge in [0.25, 0.3) is 0 Å². The largest absolute Gasteiger partial charge is 0.326 e. The lowest BCUT2D eigenvalue weighted by molar-refractivity contribution is -0.150. The van der Waals surface area contributed by atoms with Crippen LogP contribution in [-0.4, -0.2) is 19.4 Å². The highest BCUT2D eigenvalue weighted by atomic mass is 19.3. The van der Waals surface area contributed by atoms with E-state index in [-0.39, 0.29) is 5.56 Å². The van der Waals surface area contributed by atoms with Gasteiger partial charge in [-0.2, -0.15) is 8.78 Å². The standard InChI is InChI=1S/C14H19F4N/c1-7-6-8(2)10(4)11(9(7)3)12(19-5)14(17,18)13(15)16/h6,12-13,19H,1-5H3. The number of nitrogens with one attached hydrogen (secondary N) is 1. The quantitative estimate of drug-likeness (QED) is 0.818. The molecule has 0 saturated heterocycles. The molecule has 1 unspecified atom stereocenters. The minimum absolute atomic E-state index is 0.269. The van der Waals surface area contributed by atoms with Gasteiger partial charge in [-0.1, -0.05) is 6.07 Å². The Morgan fingerprint density at radius 1 is 1.00 bits per heavy atom. The van der Waals surface area contributed by atoms with E-state index in [4.69, 9.17) is 0 Å². The molecule has 1 atom stereocenters. The second kappa shape index (κ2) is 5.49. The Bertz CT molecular complexity index is 443. The highest BCUT2D eigenvalue weighted by molar-refractivity contribution is 5.46. The number of hydrogen-bond donors (Lipinski definition) is 1. The zero-order chi connectivity index (χ0) is 15.0. The van der Waals surface area contributed by atoms with Crippen LogP contribution in [0.15, 0.2) is 6.07 Å². The number of aryl methyl sites for hydroxylation is 2. The van der Waals surface area contributed by atoms with E-state index in [9.17, 15) is 17.6 Å². The van der Waals surface area contributed by atoms with Crippen molar-refractivity contribution in [2.24, 2.45) is 0 Å². The molecule has 1 aromatic rings. The Morgan fingerprint density at radius 2 is 1.42 bits per heavy atom. The normalized spacial score (nSPS) is 14.0. The second-order valence-corrected chi connectivity index (χ2v) is 4.87. The predicted molar refractivity (Wildman–Crippen MR) is 68.1 cm³/mol. The van der Waals surface area contributed by atoms with Gasteiger partial charge < -0.3 is 5.32 Å². The average Bonchev–Trinajstić information content (AvgIpc) is 2.31. The molecule has 0 bridgehead atoms. The van der Waals surface area contributed by atoms with Crippen LogP contribution in [0.3, 0.4) is 0 Å². The van der Waals surface area contributed by atoms with E-state index < -0.39 is 18.4 Å². The molecule has 1 aromatic carbocycles. The Kier molecular flexibility index (Phi) is 4.61. The zero-order valence-corrected chi connectivity index (χ0v) is 11.7. The summed E-state index contributed by atoms with van der Waals surface area (Å²) >= 11 is 0. The van der Waals surface area contributed by atoms with Crippen LogP contribution in [0.5, 0.6) is 0 Å². The lowest BCUT2D eigenvalue weighted by Crippen LogP contribution is -2.42. The highest BCUT2D eigenvalue weighted by Gasteiger charge is 2.49. The predicted octanol–water partition coefficient (Wildman–Crippen LogP) is 4.08. The van der Waals surface area contributed by atoms with Crippen LogP contribution >= 0.6 is 0 Å². The fourth-order valence-electron chi connectivity index (χ4n) is 2.34. The second-order valence-electron chi connectivity index (χ2n) is 4.87. The first-order valence-corrected chi connectivity index (χ1v) is 6.05. The molecule has 0 aliphatic carbocycles. The molecule has 19 heavy (non-hydrogen) atoms. The maximum absolute atomic E-state index is 13.7. The van der Waals surface area contributed by atoms with Gasteiger partial charge in [0.2, 0.25) is 0 Å². The van der Waals surface area contributed by atoms with Gasteiger partial charge in [-0.05, 0) is 62.6 Å². The van der Waals surface area contributed by atoms with Gasteiger partial charge in [-0.25, -0.2) is 8.78 Å². The first-order chi connectivity index (χ1) is 8.64. The molecule has 1 nitrogen and oxygen atoms in total. The van der Waals surface area contributed by atoms with Crippen molar-refractivity contribution in [3.05, 3.63) is 33.9 Å². The van der Waals surface area contributed by atoms with Crippen LogP contribution in [0.2, 0.25) is 0 Å². The molecule has 0 radical (unpaired) electrons. The molecular formula is C14H19F4N. The molecule has 0 aromatic heterocycles. The van der Waals surface area contributed by atoms with Gasteiger partial charge in [0.1, 0.15) is 6.04 Å². The van der Waals surface area contributed by atoms with Gasteiger partial charge in [-0.3, -0.25) is 0 Å². The van der Waals surface area contributed by atoms with Crippen LogP contribution in [0.1, 0.15) is 33.9 Å². The summed E-state index contributed by atoms with van der Waals surface area (Å²) in [6.07, 6.45) is -3.70. The van der Waals surface area contributed by atoms with Crippen LogP contribution in [0, 0.1) is 27.7 Å². The molecule has 5 heteroatoms. The van der Waals surface area contributed by atoms with Gasteiger partial charge in [0.05, 0.1) is 0 Å². The molecule has 0 fully saturated rings. The molecule has 1 rings (SSSR count). The SMILES string of the molecule is CNC(c1c(C)c(C)cc(C)c1C)C(F)(F)C(F)F. The van der Waals surface area contributed by atoms with Crippen molar-refractivity contribution in [2.45, 2.75) is 46.1 Å². The third-order valence-corrected chi connectivity index (χ3v) is 3.68. The van der Waals surface area contributed by atoms with E-state index in [0.717, 1.165) is 11.1 Å². The lowest BCUT2D eigenvalue weighted by Gasteiger charge is -2.30. The van der Waals surface area contributed by atoms with Crippen LogP contribution < -0.4 is 5.32 Å². The van der Waals surface area contributed by atoms with Gasteiger partial charge in [0.15, 0.2) is 0 Å². The van der Waals surface area contributed by atoms with E-state index in [1.807, 2.05) is 6.07 Å². The summed E-state index contributed by atoms with van der Waals surface area (Å²) in [5.74, 6) is -4.11. The summed E-state index contributed by atoms with van der Waals surface area (Å²) in [5, 5.41) is 2.35. The Morgan fingerprint density at radius 3 is 1.74 bits per heavy atom. The van der Waals surface area contributed by atoms with E-state index in [2.05, 4.69) is 5.32 Å². The molecule has 0 aliphatic heterocycles. The highest BCUT2D eigenvalue weighted by Crippen LogP contribution is 2.40. The minimum atomic E-state index is -4.11. The Labute approximate surface area is 111 Å². The first-order valence-electron chi connectivity index (χ1n) is 6.05. The molecule has 0 heterocycles. The molecule has 0 aliphatic rings. The topological polar surface area (TPSA) is 12.0 Å². The fourth-order valence-corrected chi connectivity index (χ4v) is 2.34. The summed E-state index contributed by atoms with van der Waals surface area (Å²) in [7, 11) is 1.28. The molecule has 108 valence electrons. The Hall–Kier alpha value is -1.10. The number of rotatable bonds is 4. The number of hydrogen-bond acceptors (Lipinski definition) is 1. The monoisotopic (exact) mass is 277 g/mol. The van der Waals surface area contributed by atoms with E-state index in [0.29, 0.717) is 11.1 Å². The third kappa shape index (κ3) is 2.76. The fraction of sp³-hybridized carbons (Fsp3) is 0.571. The maximum Gasteiger partial charge on any atom is 0.326 e. The smallest absolute Gasteiger partial charge is 0.308 e. The zero-order valence-electron chi connectivity index (χ0n) is 11.7. The van der Waals surface area contributed by atoms with Crippen LogP contribution in [0.25, 0.3) is 0 Å². The van der Waals surface area contributed by atoms with Gasteiger partial charge >= 0.3 is 12.3 Å². The van der Waals surface area contributed by atoms with Crippen LogP contribution in [-0.2, 0) is 0 Å². The van der Waals surface area contributed by atoms with E-state index in [1.165, 1.54) is 7.05 Å². The van der Waals surface area contributed by atoms with Gasteiger partial charge in [0, 0.05) is 0 Å². The van der Waals surface area contributed by atoms with Crippen molar-refractivity contribution in [3.8, 4) is 0 Å². The first kappa shape index (κ1) is 16.0. The molecule has 1 N–H and O–H groups in total.